The lowest BCUT2D eigenvalue weighted by molar-refractivity contribution is 0.384. The first kappa shape index (κ1) is 18.2. The van der Waals surface area contributed by atoms with Gasteiger partial charge in [-0.25, -0.2) is 0 Å². The van der Waals surface area contributed by atoms with Gasteiger partial charge in [-0.05, 0) is 32.3 Å². The van der Waals surface area contributed by atoms with Crippen LogP contribution in [-0.4, -0.2) is 6.04 Å². The number of aryl methyl sites for hydroxylation is 1. The van der Waals surface area contributed by atoms with Gasteiger partial charge in [0.2, 0.25) is 0 Å². The molecule has 1 aromatic rings. The van der Waals surface area contributed by atoms with Gasteiger partial charge in [0.05, 0.1) is 0 Å². The van der Waals surface area contributed by atoms with E-state index >= 15 is 0 Å². The fourth-order valence-corrected chi connectivity index (χ4v) is 2.98. The molecule has 0 aliphatic carbocycles. The second-order valence-electron chi connectivity index (χ2n) is 6.49. The van der Waals surface area contributed by atoms with Crippen molar-refractivity contribution < 1.29 is 0 Å². The Morgan fingerprint density at radius 3 is 2.10 bits per heavy atom. The maximum absolute atomic E-state index is 3.88. The average molecular weight is 290 g/mol. The highest BCUT2D eigenvalue weighted by Gasteiger charge is 2.13. The molecule has 0 radical (unpaired) electrons. The van der Waals surface area contributed by atoms with E-state index in [0.717, 1.165) is 0 Å². The number of hydrogen-bond acceptors (Lipinski definition) is 1. The second-order valence-corrected chi connectivity index (χ2v) is 6.49. The molecule has 120 valence electrons. The van der Waals surface area contributed by atoms with E-state index in [1.165, 1.54) is 62.5 Å². The van der Waals surface area contributed by atoms with Crippen LogP contribution >= 0.6 is 0 Å². The first-order valence-electron chi connectivity index (χ1n) is 9.00. The summed E-state index contributed by atoms with van der Waals surface area (Å²) in [5, 5.41) is 3.88. The predicted molar refractivity (Wildman–Crippen MR) is 94.8 cm³/mol. The lowest BCUT2D eigenvalue weighted by Gasteiger charge is -2.24. The Balaban J connectivity index is 2.52. The Labute approximate surface area is 132 Å². The minimum Gasteiger partial charge on any atom is -0.307 e. The number of rotatable bonds is 11. The largest absolute Gasteiger partial charge is 0.307 e. The summed E-state index contributed by atoms with van der Waals surface area (Å²) in [5.74, 6) is 0. The summed E-state index contributed by atoms with van der Waals surface area (Å²) in [7, 11) is 0. The van der Waals surface area contributed by atoms with Crippen LogP contribution in [0, 0.1) is 6.92 Å². The Kier molecular flexibility index (Phi) is 9.41. The average Bonchev–Trinajstić information content (AvgIpc) is 2.47. The lowest BCUT2D eigenvalue weighted by atomic mass is 9.99. The fourth-order valence-electron chi connectivity index (χ4n) is 2.98. The summed E-state index contributed by atoms with van der Waals surface area (Å²) in [4.78, 5) is 0. The number of hydrogen-bond donors (Lipinski definition) is 1. The molecule has 1 nitrogen and oxygen atoms in total. The maximum atomic E-state index is 3.88. The molecule has 0 saturated heterocycles. The molecule has 1 heteroatoms. The maximum Gasteiger partial charge on any atom is 0.0294 e. The SMILES string of the molecule is CCCCCC(CCCCC)N[C@@H](C)c1cccc(C)c1. The first-order chi connectivity index (χ1) is 10.2. The predicted octanol–water partition coefficient (Wildman–Crippen LogP) is 6.17. The van der Waals surface area contributed by atoms with Crippen molar-refractivity contribution in [2.45, 2.75) is 91.1 Å². The van der Waals surface area contributed by atoms with Crippen molar-refractivity contribution in [3.05, 3.63) is 35.4 Å². The highest BCUT2D eigenvalue weighted by Crippen LogP contribution is 2.18. The second kappa shape index (κ2) is 10.8. The Morgan fingerprint density at radius 1 is 0.952 bits per heavy atom. The van der Waals surface area contributed by atoms with Crippen LogP contribution in [0.15, 0.2) is 24.3 Å². The van der Waals surface area contributed by atoms with Crippen molar-refractivity contribution in [2.24, 2.45) is 0 Å². The van der Waals surface area contributed by atoms with E-state index in [9.17, 15) is 0 Å². The quantitative estimate of drug-likeness (QED) is 0.480. The highest BCUT2D eigenvalue weighted by atomic mass is 14.9. The number of benzene rings is 1. The van der Waals surface area contributed by atoms with E-state index in [2.05, 4.69) is 57.3 Å². The minimum atomic E-state index is 0.457. The molecule has 0 aromatic heterocycles. The third-order valence-electron chi connectivity index (χ3n) is 4.34. The van der Waals surface area contributed by atoms with E-state index in [4.69, 9.17) is 0 Å². The van der Waals surface area contributed by atoms with E-state index in [1.807, 2.05) is 0 Å². The third-order valence-corrected chi connectivity index (χ3v) is 4.34. The molecule has 1 rings (SSSR count). The smallest absolute Gasteiger partial charge is 0.0294 e. The van der Waals surface area contributed by atoms with Crippen molar-refractivity contribution in [1.29, 1.82) is 0 Å². The third kappa shape index (κ3) is 7.66. The minimum absolute atomic E-state index is 0.457. The summed E-state index contributed by atoms with van der Waals surface area (Å²) < 4.78 is 0. The summed E-state index contributed by atoms with van der Waals surface area (Å²) in [6.07, 6.45) is 10.7. The molecular formula is C20H35N. The lowest BCUT2D eigenvalue weighted by Crippen LogP contribution is -2.31. The van der Waals surface area contributed by atoms with Gasteiger partial charge in [-0.1, -0.05) is 82.2 Å². The number of unbranched alkanes of at least 4 members (excludes halogenated alkanes) is 4. The van der Waals surface area contributed by atoms with Crippen LogP contribution in [0.25, 0.3) is 0 Å². The van der Waals surface area contributed by atoms with Gasteiger partial charge in [-0.2, -0.15) is 0 Å². The Hall–Kier alpha value is -0.820. The van der Waals surface area contributed by atoms with Crippen LogP contribution in [0.4, 0.5) is 0 Å². The summed E-state index contributed by atoms with van der Waals surface area (Å²) >= 11 is 0. The topological polar surface area (TPSA) is 12.0 Å². The van der Waals surface area contributed by atoms with Crippen molar-refractivity contribution in [1.82, 2.24) is 5.32 Å². The van der Waals surface area contributed by atoms with Gasteiger partial charge in [-0.3, -0.25) is 0 Å². The Morgan fingerprint density at radius 2 is 1.57 bits per heavy atom. The van der Waals surface area contributed by atoms with Gasteiger partial charge < -0.3 is 5.32 Å². The monoisotopic (exact) mass is 289 g/mol. The van der Waals surface area contributed by atoms with Crippen LogP contribution in [0.1, 0.15) is 89.3 Å². The van der Waals surface area contributed by atoms with Crippen molar-refractivity contribution >= 4 is 0 Å². The summed E-state index contributed by atoms with van der Waals surface area (Å²) in [6, 6.07) is 10.0. The van der Waals surface area contributed by atoms with Crippen LogP contribution in [0.3, 0.4) is 0 Å². The summed E-state index contributed by atoms with van der Waals surface area (Å²) in [5.41, 5.74) is 2.78. The molecule has 0 bridgehead atoms. The zero-order valence-electron chi connectivity index (χ0n) is 14.6. The van der Waals surface area contributed by atoms with Crippen molar-refractivity contribution in [2.75, 3.05) is 0 Å². The van der Waals surface area contributed by atoms with E-state index in [-0.39, 0.29) is 0 Å². The molecule has 0 fully saturated rings. The van der Waals surface area contributed by atoms with Gasteiger partial charge in [0.1, 0.15) is 0 Å². The molecule has 0 aliphatic rings. The molecule has 0 amide bonds. The van der Waals surface area contributed by atoms with Crippen LogP contribution < -0.4 is 5.32 Å². The molecule has 1 atom stereocenters. The molecule has 21 heavy (non-hydrogen) atoms. The fraction of sp³-hybridized carbons (Fsp3) is 0.700. The van der Waals surface area contributed by atoms with E-state index in [1.54, 1.807) is 0 Å². The molecule has 0 aliphatic heterocycles. The molecule has 0 saturated carbocycles. The normalized spacial score (nSPS) is 12.8. The highest BCUT2D eigenvalue weighted by molar-refractivity contribution is 5.24. The van der Waals surface area contributed by atoms with Gasteiger partial charge in [-0.15, -0.1) is 0 Å². The van der Waals surface area contributed by atoms with Crippen molar-refractivity contribution in [3.63, 3.8) is 0 Å². The molecule has 0 heterocycles. The van der Waals surface area contributed by atoms with Crippen LogP contribution in [-0.2, 0) is 0 Å². The molecule has 0 unspecified atom stereocenters. The van der Waals surface area contributed by atoms with Crippen LogP contribution in [0.5, 0.6) is 0 Å². The molecular weight excluding hydrogens is 254 g/mol. The molecule has 0 spiro atoms. The van der Waals surface area contributed by atoms with Gasteiger partial charge in [0.15, 0.2) is 0 Å². The molecule has 1 aromatic carbocycles. The van der Waals surface area contributed by atoms with Gasteiger partial charge in [0, 0.05) is 12.1 Å². The first-order valence-corrected chi connectivity index (χ1v) is 9.00. The van der Waals surface area contributed by atoms with Crippen LogP contribution in [0.2, 0.25) is 0 Å². The van der Waals surface area contributed by atoms with Gasteiger partial charge in [0.25, 0.3) is 0 Å². The zero-order chi connectivity index (χ0) is 15.5. The van der Waals surface area contributed by atoms with Gasteiger partial charge >= 0.3 is 0 Å². The Bertz CT molecular complexity index is 362. The standard InChI is InChI=1S/C20H35N/c1-5-7-9-14-20(15-10-8-6-2)21-18(4)19-13-11-12-17(3)16-19/h11-13,16,18,20-21H,5-10,14-15H2,1-4H3/t18-/m0/s1. The zero-order valence-corrected chi connectivity index (χ0v) is 14.6. The number of nitrogens with one attached hydrogen (secondary N) is 1. The molecule has 1 N–H and O–H groups in total. The van der Waals surface area contributed by atoms with E-state index < -0.39 is 0 Å². The van der Waals surface area contributed by atoms with E-state index in [0.29, 0.717) is 12.1 Å². The summed E-state index contributed by atoms with van der Waals surface area (Å²) in [6.45, 7) is 9.06. The van der Waals surface area contributed by atoms with Crippen molar-refractivity contribution in [3.8, 4) is 0 Å².